The molecule has 0 aliphatic rings. The first-order valence-electron chi connectivity index (χ1n) is 5.02. The highest BCUT2D eigenvalue weighted by Crippen LogP contribution is 2.22. The summed E-state index contributed by atoms with van der Waals surface area (Å²) in [6.07, 6.45) is 0. The van der Waals surface area contributed by atoms with Gasteiger partial charge < -0.3 is 14.9 Å². The zero-order valence-corrected chi connectivity index (χ0v) is 9.23. The Morgan fingerprint density at radius 2 is 2.18 bits per heavy atom. The highest BCUT2D eigenvalue weighted by molar-refractivity contribution is 5.81. The van der Waals surface area contributed by atoms with Crippen LogP contribution >= 0.6 is 0 Å². The second-order valence-electron chi connectivity index (χ2n) is 3.66. The number of hydrogen-bond acceptors (Lipinski definition) is 4. The zero-order chi connectivity index (χ0) is 12.4. The van der Waals surface area contributed by atoms with Crippen LogP contribution in [0.15, 0.2) is 33.5 Å². The summed E-state index contributed by atoms with van der Waals surface area (Å²) in [5.41, 5.74) is 5.87. The van der Waals surface area contributed by atoms with Crippen molar-refractivity contribution in [2.24, 2.45) is 5.73 Å². The standard InChI is InChI=1S/C12H11NO4/c1-7-4-12(15)17-10-3-2-8(5-9(7)10)16-6-11(13)14/h2-5H,6H2,1H3,(H2,13,14). The average molecular weight is 233 g/mol. The second-order valence-corrected chi connectivity index (χ2v) is 3.66. The van der Waals surface area contributed by atoms with Crippen LogP contribution in [0, 0.1) is 6.92 Å². The van der Waals surface area contributed by atoms with Crippen LogP contribution in [0.3, 0.4) is 0 Å². The molecule has 0 unspecified atom stereocenters. The van der Waals surface area contributed by atoms with Gasteiger partial charge in [0.05, 0.1) is 0 Å². The van der Waals surface area contributed by atoms with Crippen molar-refractivity contribution < 1.29 is 13.9 Å². The maximum Gasteiger partial charge on any atom is 0.336 e. The number of amides is 1. The SMILES string of the molecule is Cc1cc(=O)oc2ccc(OCC(N)=O)cc12. The summed E-state index contributed by atoms with van der Waals surface area (Å²) in [5, 5.41) is 0.770. The van der Waals surface area contributed by atoms with E-state index in [-0.39, 0.29) is 12.2 Å². The lowest BCUT2D eigenvalue weighted by atomic mass is 10.1. The van der Waals surface area contributed by atoms with Gasteiger partial charge in [0.25, 0.3) is 5.91 Å². The topological polar surface area (TPSA) is 82.5 Å². The Morgan fingerprint density at radius 1 is 1.41 bits per heavy atom. The predicted octanol–water partition coefficient (Wildman–Crippen LogP) is 0.966. The van der Waals surface area contributed by atoms with E-state index >= 15 is 0 Å². The molecule has 5 nitrogen and oxygen atoms in total. The smallest absolute Gasteiger partial charge is 0.336 e. The van der Waals surface area contributed by atoms with Crippen LogP contribution in [0.5, 0.6) is 5.75 Å². The molecule has 1 heterocycles. The van der Waals surface area contributed by atoms with E-state index in [1.165, 1.54) is 6.07 Å². The molecule has 2 aromatic rings. The normalized spacial score (nSPS) is 10.4. The van der Waals surface area contributed by atoms with E-state index < -0.39 is 5.91 Å². The van der Waals surface area contributed by atoms with E-state index in [1.807, 2.05) is 0 Å². The van der Waals surface area contributed by atoms with E-state index in [4.69, 9.17) is 14.9 Å². The van der Waals surface area contributed by atoms with Gasteiger partial charge in [0.1, 0.15) is 11.3 Å². The fraction of sp³-hybridized carbons (Fsp3) is 0.167. The largest absolute Gasteiger partial charge is 0.484 e. The van der Waals surface area contributed by atoms with Crippen LogP contribution in [0.25, 0.3) is 11.0 Å². The first kappa shape index (κ1) is 11.2. The summed E-state index contributed by atoms with van der Waals surface area (Å²) in [4.78, 5) is 21.7. The first-order valence-corrected chi connectivity index (χ1v) is 5.02. The second kappa shape index (κ2) is 4.29. The van der Waals surface area contributed by atoms with Crippen molar-refractivity contribution in [3.8, 4) is 5.75 Å². The first-order chi connectivity index (χ1) is 8.06. The van der Waals surface area contributed by atoms with Crippen LogP contribution in [0.2, 0.25) is 0 Å². The molecule has 1 amide bonds. The Morgan fingerprint density at radius 3 is 2.88 bits per heavy atom. The quantitative estimate of drug-likeness (QED) is 0.800. The number of rotatable bonds is 3. The number of hydrogen-bond donors (Lipinski definition) is 1. The van der Waals surface area contributed by atoms with Crippen LogP contribution in [-0.2, 0) is 4.79 Å². The molecular weight excluding hydrogens is 222 g/mol. The Labute approximate surface area is 96.8 Å². The number of primary amides is 1. The molecule has 2 N–H and O–H groups in total. The van der Waals surface area contributed by atoms with Crippen molar-refractivity contribution >= 4 is 16.9 Å². The summed E-state index contributed by atoms with van der Waals surface area (Å²) in [5.74, 6) is -0.0327. The highest BCUT2D eigenvalue weighted by Gasteiger charge is 2.04. The van der Waals surface area contributed by atoms with Crippen LogP contribution < -0.4 is 16.1 Å². The lowest BCUT2D eigenvalue weighted by Crippen LogP contribution is -2.19. The Hall–Kier alpha value is -2.30. The van der Waals surface area contributed by atoms with Gasteiger partial charge in [0.15, 0.2) is 6.61 Å². The Kier molecular flexibility index (Phi) is 2.82. The molecule has 0 saturated heterocycles. The number of nitrogens with two attached hydrogens (primary N) is 1. The van der Waals surface area contributed by atoms with Crippen molar-refractivity contribution in [1.29, 1.82) is 0 Å². The third kappa shape index (κ3) is 2.44. The molecule has 0 fully saturated rings. The van der Waals surface area contributed by atoms with Gasteiger partial charge in [0.2, 0.25) is 0 Å². The summed E-state index contributed by atoms with van der Waals surface area (Å²) in [6, 6.07) is 6.35. The molecule has 0 aliphatic heterocycles. The van der Waals surface area contributed by atoms with Gasteiger partial charge in [-0.15, -0.1) is 0 Å². The van der Waals surface area contributed by atoms with Crippen LogP contribution in [0.1, 0.15) is 5.56 Å². The Balaban J connectivity index is 2.43. The fourth-order valence-electron chi connectivity index (χ4n) is 1.54. The number of aryl methyl sites for hydroxylation is 1. The molecule has 1 aromatic carbocycles. The average Bonchev–Trinajstić information content (AvgIpc) is 2.26. The van der Waals surface area contributed by atoms with E-state index in [9.17, 15) is 9.59 Å². The highest BCUT2D eigenvalue weighted by atomic mass is 16.5. The third-order valence-corrected chi connectivity index (χ3v) is 2.30. The van der Waals surface area contributed by atoms with Crippen molar-refractivity contribution in [1.82, 2.24) is 0 Å². The monoisotopic (exact) mass is 233 g/mol. The molecule has 17 heavy (non-hydrogen) atoms. The number of ether oxygens (including phenoxy) is 1. The zero-order valence-electron chi connectivity index (χ0n) is 9.23. The van der Waals surface area contributed by atoms with Crippen molar-refractivity contribution in [3.63, 3.8) is 0 Å². The van der Waals surface area contributed by atoms with Gasteiger partial charge in [0, 0.05) is 11.5 Å². The molecule has 0 spiro atoms. The van der Waals surface area contributed by atoms with Crippen LogP contribution in [0.4, 0.5) is 0 Å². The van der Waals surface area contributed by atoms with E-state index in [1.54, 1.807) is 25.1 Å². The third-order valence-electron chi connectivity index (χ3n) is 2.30. The summed E-state index contributed by atoms with van der Waals surface area (Å²) in [6.45, 7) is 1.62. The number of benzene rings is 1. The number of carbonyl (C=O) groups is 1. The molecule has 0 aliphatic carbocycles. The lowest BCUT2D eigenvalue weighted by molar-refractivity contribution is -0.119. The van der Waals surface area contributed by atoms with E-state index in [2.05, 4.69) is 0 Å². The van der Waals surface area contributed by atoms with Crippen LogP contribution in [-0.4, -0.2) is 12.5 Å². The number of fused-ring (bicyclic) bond motifs is 1. The minimum atomic E-state index is -0.540. The van der Waals surface area contributed by atoms with E-state index in [0.29, 0.717) is 11.3 Å². The minimum Gasteiger partial charge on any atom is -0.484 e. The molecule has 2 rings (SSSR count). The summed E-state index contributed by atoms with van der Waals surface area (Å²) >= 11 is 0. The molecule has 0 radical (unpaired) electrons. The summed E-state index contributed by atoms with van der Waals surface area (Å²) < 4.78 is 10.2. The molecule has 0 bridgehead atoms. The molecule has 5 heteroatoms. The number of carbonyl (C=O) groups excluding carboxylic acids is 1. The van der Waals surface area contributed by atoms with Gasteiger partial charge in [-0.3, -0.25) is 4.79 Å². The van der Waals surface area contributed by atoms with Gasteiger partial charge in [-0.05, 0) is 30.7 Å². The maximum atomic E-state index is 11.1. The molecule has 0 saturated carbocycles. The predicted molar refractivity (Wildman–Crippen MR) is 61.9 cm³/mol. The fourth-order valence-corrected chi connectivity index (χ4v) is 1.54. The molecule has 0 atom stereocenters. The van der Waals surface area contributed by atoms with Gasteiger partial charge in [-0.25, -0.2) is 4.79 Å². The molecular formula is C12H11NO4. The molecule has 1 aromatic heterocycles. The maximum absolute atomic E-state index is 11.1. The van der Waals surface area contributed by atoms with Crippen molar-refractivity contribution in [2.45, 2.75) is 6.92 Å². The van der Waals surface area contributed by atoms with E-state index in [0.717, 1.165) is 10.9 Å². The minimum absolute atomic E-state index is 0.179. The lowest BCUT2D eigenvalue weighted by Gasteiger charge is -2.05. The van der Waals surface area contributed by atoms with Crippen molar-refractivity contribution in [2.75, 3.05) is 6.61 Å². The van der Waals surface area contributed by atoms with Gasteiger partial charge >= 0.3 is 5.63 Å². The molecule has 88 valence electrons. The van der Waals surface area contributed by atoms with Gasteiger partial charge in [-0.2, -0.15) is 0 Å². The van der Waals surface area contributed by atoms with Gasteiger partial charge in [-0.1, -0.05) is 0 Å². The Bertz CT molecular complexity index is 630. The summed E-state index contributed by atoms with van der Waals surface area (Å²) in [7, 11) is 0. The van der Waals surface area contributed by atoms with Crippen molar-refractivity contribution in [3.05, 3.63) is 40.2 Å².